The molecule has 8 nitrogen and oxygen atoms in total. The van der Waals surface area contributed by atoms with Crippen LogP contribution in [-0.2, 0) is 13.1 Å². The number of amides is 2. The van der Waals surface area contributed by atoms with Crippen LogP contribution in [-0.4, -0.2) is 30.1 Å². The summed E-state index contributed by atoms with van der Waals surface area (Å²) in [5.41, 5.74) is 2.70. The molecule has 2 amide bonds. The Kier molecular flexibility index (Phi) is 9.77. The van der Waals surface area contributed by atoms with Gasteiger partial charge in [-0.05, 0) is 45.4 Å². The van der Waals surface area contributed by atoms with Crippen LogP contribution in [0, 0.1) is 13.8 Å². The van der Waals surface area contributed by atoms with Gasteiger partial charge >= 0.3 is 6.03 Å². The number of nitrogens with zero attached hydrogens (tertiary/aromatic N) is 2. The highest BCUT2D eigenvalue weighted by Crippen LogP contribution is 2.10. The molecule has 0 saturated carbocycles. The largest absolute Gasteiger partial charge is 0.444 e. The number of halogens is 1. The third-order valence-corrected chi connectivity index (χ3v) is 3.80. The topological polar surface area (TPSA) is 104 Å². The van der Waals surface area contributed by atoms with Crippen molar-refractivity contribution in [2.45, 2.75) is 46.8 Å². The Bertz CT molecular complexity index is 767. The van der Waals surface area contributed by atoms with Crippen LogP contribution >= 0.6 is 24.0 Å². The molecule has 0 radical (unpaired) electrons. The van der Waals surface area contributed by atoms with Gasteiger partial charge in [-0.1, -0.05) is 12.1 Å². The molecule has 0 atom stereocenters. The Labute approximate surface area is 183 Å². The van der Waals surface area contributed by atoms with Crippen molar-refractivity contribution >= 4 is 41.7 Å². The van der Waals surface area contributed by atoms with Crippen molar-refractivity contribution in [3.05, 3.63) is 47.2 Å². The lowest BCUT2D eigenvalue weighted by molar-refractivity contribution is 0.250. The zero-order valence-corrected chi connectivity index (χ0v) is 19.3. The third kappa shape index (κ3) is 7.75. The van der Waals surface area contributed by atoms with E-state index in [1.807, 2.05) is 52.0 Å². The summed E-state index contributed by atoms with van der Waals surface area (Å²) in [6.45, 7) is 8.70. The van der Waals surface area contributed by atoms with Crippen LogP contribution < -0.4 is 21.3 Å². The smallest absolute Gasteiger partial charge is 0.319 e. The first-order chi connectivity index (χ1) is 12.9. The molecule has 4 N–H and O–H groups in total. The number of anilines is 1. The first-order valence-electron chi connectivity index (χ1n) is 8.91. The number of aromatic nitrogens is 1. The predicted octanol–water partition coefficient (Wildman–Crippen LogP) is 3.30. The second-order valence-electron chi connectivity index (χ2n) is 6.48. The van der Waals surface area contributed by atoms with E-state index in [-0.39, 0.29) is 36.0 Å². The Hall–Kier alpha value is -2.30. The number of carbonyl (C=O) groups excluding carboxylic acids is 1. The Balaban J connectivity index is 0.00000392. The van der Waals surface area contributed by atoms with Crippen LogP contribution in [0.5, 0.6) is 0 Å². The number of carbonyl (C=O) groups is 1. The van der Waals surface area contributed by atoms with Crippen LogP contribution in [0.25, 0.3) is 0 Å². The molecular weight excluding hydrogens is 471 g/mol. The Morgan fingerprint density at radius 3 is 2.32 bits per heavy atom. The van der Waals surface area contributed by atoms with Crippen molar-refractivity contribution in [1.29, 1.82) is 0 Å². The molecule has 1 aromatic heterocycles. The standard InChI is InChI=1S/C19H28N6O2.HI/c1-12(2)23-19(26)25-16-8-6-15(7-9-16)10-21-18(20-5)22-11-17-24-13(3)14(4)27-17;/h6-9,12H,10-11H2,1-5H3,(H2,20,21,22)(H2,23,25,26);1H. The first kappa shape index (κ1) is 23.7. The van der Waals surface area contributed by atoms with Gasteiger partial charge in [0, 0.05) is 25.3 Å². The molecule has 28 heavy (non-hydrogen) atoms. The average Bonchev–Trinajstić information content (AvgIpc) is 2.93. The fourth-order valence-electron chi connectivity index (χ4n) is 2.32. The lowest BCUT2D eigenvalue weighted by atomic mass is 10.2. The third-order valence-electron chi connectivity index (χ3n) is 3.80. The summed E-state index contributed by atoms with van der Waals surface area (Å²) in [5.74, 6) is 2.11. The number of hydrogen-bond acceptors (Lipinski definition) is 4. The van der Waals surface area contributed by atoms with Crippen LogP contribution in [0.2, 0.25) is 0 Å². The van der Waals surface area contributed by atoms with Crippen molar-refractivity contribution in [2.24, 2.45) is 4.99 Å². The van der Waals surface area contributed by atoms with Gasteiger partial charge in [-0.25, -0.2) is 9.78 Å². The van der Waals surface area contributed by atoms with Gasteiger partial charge in [0.15, 0.2) is 5.96 Å². The molecule has 0 unspecified atom stereocenters. The minimum absolute atomic E-state index is 0. The summed E-state index contributed by atoms with van der Waals surface area (Å²) >= 11 is 0. The van der Waals surface area contributed by atoms with Crippen molar-refractivity contribution < 1.29 is 9.21 Å². The number of hydrogen-bond donors (Lipinski definition) is 4. The van der Waals surface area contributed by atoms with E-state index in [0.717, 1.165) is 22.7 Å². The molecule has 2 rings (SSSR count). The number of oxazole rings is 1. The molecule has 1 aromatic carbocycles. The second kappa shape index (κ2) is 11.5. The minimum Gasteiger partial charge on any atom is -0.444 e. The van der Waals surface area contributed by atoms with E-state index in [4.69, 9.17) is 4.42 Å². The summed E-state index contributed by atoms with van der Waals surface area (Å²) < 4.78 is 5.54. The zero-order valence-electron chi connectivity index (χ0n) is 16.9. The summed E-state index contributed by atoms with van der Waals surface area (Å²) in [5, 5.41) is 12.0. The number of guanidine groups is 1. The molecular formula is C19H29IN6O2. The van der Waals surface area contributed by atoms with Gasteiger partial charge in [0.25, 0.3) is 0 Å². The summed E-state index contributed by atoms with van der Waals surface area (Å²) in [7, 11) is 1.71. The maximum Gasteiger partial charge on any atom is 0.319 e. The van der Waals surface area contributed by atoms with Crippen molar-refractivity contribution in [3.8, 4) is 0 Å². The first-order valence-corrected chi connectivity index (χ1v) is 8.91. The molecule has 154 valence electrons. The maximum atomic E-state index is 11.7. The van der Waals surface area contributed by atoms with E-state index in [2.05, 4.69) is 31.2 Å². The number of nitrogens with one attached hydrogen (secondary N) is 4. The molecule has 2 aromatic rings. The maximum absolute atomic E-state index is 11.7. The highest BCUT2D eigenvalue weighted by Gasteiger charge is 2.07. The molecule has 1 heterocycles. The van der Waals surface area contributed by atoms with Gasteiger partial charge in [0.1, 0.15) is 5.76 Å². The summed E-state index contributed by atoms with van der Waals surface area (Å²) in [6.07, 6.45) is 0. The fourth-order valence-corrected chi connectivity index (χ4v) is 2.32. The second-order valence-corrected chi connectivity index (χ2v) is 6.48. The SMILES string of the molecule is CN=C(NCc1ccc(NC(=O)NC(C)C)cc1)NCc1nc(C)c(C)o1.I. The number of rotatable bonds is 6. The normalized spacial score (nSPS) is 11.0. The number of benzene rings is 1. The van der Waals surface area contributed by atoms with E-state index >= 15 is 0 Å². The van der Waals surface area contributed by atoms with E-state index in [9.17, 15) is 4.79 Å². The van der Waals surface area contributed by atoms with E-state index in [1.165, 1.54) is 0 Å². The molecule has 0 bridgehead atoms. The van der Waals surface area contributed by atoms with E-state index in [1.54, 1.807) is 7.05 Å². The van der Waals surface area contributed by atoms with Crippen molar-refractivity contribution in [2.75, 3.05) is 12.4 Å². The fraction of sp³-hybridized carbons (Fsp3) is 0.421. The molecule has 0 aliphatic rings. The zero-order chi connectivity index (χ0) is 19.8. The predicted molar refractivity (Wildman–Crippen MR) is 122 cm³/mol. The Morgan fingerprint density at radius 1 is 1.14 bits per heavy atom. The molecule has 0 saturated heterocycles. The van der Waals surface area contributed by atoms with E-state index in [0.29, 0.717) is 24.9 Å². The molecule has 0 aliphatic heterocycles. The lowest BCUT2D eigenvalue weighted by Crippen LogP contribution is -2.36. The van der Waals surface area contributed by atoms with Crippen LogP contribution in [0.1, 0.15) is 36.8 Å². The van der Waals surface area contributed by atoms with Gasteiger partial charge in [-0.3, -0.25) is 4.99 Å². The van der Waals surface area contributed by atoms with Crippen molar-refractivity contribution in [1.82, 2.24) is 20.9 Å². The molecule has 0 fully saturated rings. The number of urea groups is 1. The number of aliphatic imine (C=N–C) groups is 1. The van der Waals surface area contributed by atoms with Gasteiger partial charge in [0.2, 0.25) is 5.89 Å². The lowest BCUT2D eigenvalue weighted by Gasteiger charge is -2.12. The average molecular weight is 500 g/mol. The molecule has 9 heteroatoms. The van der Waals surface area contributed by atoms with Crippen molar-refractivity contribution in [3.63, 3.8) is 0 Å². The number of aryl methyl sites for hydroxylation is 2. The Morgan fingerprint density at radius 2 is 1.79 bits per heavy atom. The molecule has 0 spiro atoms. The summed E-state index contributed by atoms with van der Waals surface area (Å²) in [4.78, 5) is 20.2. The highest BCUT2D eigenvalue weighted by molar-refractivity contribution is 14.0. The monoisotopic (exact) mass is 500 g/mol. The van der Waals surface area contributed by atoms with Crippen LogP contribution in [0.15, 0.2) is 33.7 Å². The summed E-state index contributed by atoms with van der Waals surface area (Å²) in [6, 6.07) is 7.52. The highest BCUT2D eigenvalue weighted by atomic mass is 127. The quantitative estimate of drug-likeness (QED) is 0.277. The van der Waals surface area contributed by atoms with Crippen LogP contribution in [0.3, 0.4) is 0 Å². The van der Waals surface area contributed by atoms with Gasteiger partial charge in [0.05, 0.1) is 12.2 Å². The van der Waals surface area contributed by atoms with Gasteiger partial charge in [-0.15, -0.1) is 24.0 Å². The minimum atomic E-state index is -0.211. The van der Waals surface area contributed by atoms with Crippen LogP contribution in [0.4, 0.5) is 10.5 Å². The van der Waals surface area contributed by atoms with Gasteiger partial charge < -0.3 is 25.7 Å². The van der Waals surface area contributed by atoms with E-state index < -0.39 is 0 Å². The molecule has 0 aliphatic carbocycles. The van der Waals surface area contributed by atoms with Gasteiger partial charge in [-0.2, -0.15) is 0 Å².